The van der Waals surface area contributed by atoms with Crippen LogP contribution in [-0.2, 0) is 6.42 Å². The van der Waals surface area contributed by atoms with Crippen LogP contribution in [0.25, 0.3) is 10.9 Å². The minimum absolute atomic E-state index is 0.199. The molecule has 2 aromatic rings. The number of hydrogen-bond acceptors (Lipinski definition) is 2. The molecule has 3 heteroatoms. The Morgan fingerprint density at radius 2 is 1.95 bits per heavy atom. The minimum Gasteiger partial charge on any atom is -0.384 e. The molecule has 0 amide bonds. The van der Waals surface area contributed by atoms with E-state index in [1.165, 1.54) is 0 Å². The van der Waals surface area contributed by atoms with Gasteiger partial charge in [-0.25, -0.2) is 4.39 Å². The Balaban J connectivity index is 2.60. The maximum atomic E-state index is 13.6. The Morgan fingerprint density at radius 3 is 2.63 bits per heavy atom. The number of fused-ring (bicyclic) bond motifs is 1. The van der Waals surface area contributed by atoms with Crippen LogP contribution >= 0.6 is 0 Å². The number of anilines is 1. The smallest absolute Gasteiger partial charge is 0.124 e. The maximum absolute atomic E-state index is 13.6. The highest BCUT2D eigenvalue weighted by Gasteiger charge is 2.09. The van der Waals surface area contributed by atoms with Gasteiger partial charge in [0.15, 0.2) is 0 Å². The van der Waals surface area contributed by atoms with Crippen LogP contribution in [0.1, 0.15) is 37.9 Å². The fraction of sp³-hybridized carbons (Fsp3) is 0.438. The molecule has 1 heterocycles. The van der Waals surface area contributed by atoms with Crippen LogP contribution in [0.3, 0.4) is 0 Å². The molecule has 0 spiro atoms. The van der Waals surface area contributed by atoms with Gasteiger partial charge in [-0.2, -0.15) is 0 Å². The third-order valence-electron chi connectivity index (χ3n) is 3.19. The monoisotopic (exact) mass is 260 g/mol. The van der Waals surface area contributed by atoms with Crippen molar-refractivity contribution in [1.82, 2.24) is 4.98 Å². The lowest BCUT2D eigenvalue weighted by Crippen LogP contribution is -2.03. The molecule has 0 aliphatic rings. The number of nitrogens with one attached hydrogen (secondary N) is 1. The van der Waals surface area contributed by atoms with Crippen LogP contribution in [0.4, 0.5) is 10.1 Å². The van der Waals surface area contributed by atoms with Gasteiger partial charge >= 0.3 is 0 Å². The molecule has 2 nitrogen and oxygen atoms in total. The first-order valence-electron chi connectivity index (χ1n) is 6.99. The topological polar surface area (TPSA) is 24.9 Å². The molecular weight excluding hydrogens is 239 g/mol. The predicted octanol–water partition coefficient (Wildman–Crippen LogP) is 4.46. The van der Waals surface area contributed by atoms with Crippen LogP contribution in [0.15, 0.2) is 18.2 Å². The van der Waals surface area contributed by atoms with Crippen molar-refractivity contribution in [2.24, 2.45) is 0 Å². The standard InChI is InChI=1S/C16H21FN2/c1-4-6-13-10-15(18-7-5-2)14-9-12(17)8-11(3)16(14)19-13/h8-10H,4-7H2,1-3H3,(H,18,19). The summed E-state index contributed by atoms with van der Waals surface area (Å²) in [5.41, 5.74) is 3.87. The summed E-state index contributed by atoms with van der Waals surface area (Å²) in [4.78, 5) is 4.67. The molecule has 1 aromatic carbocycles. The van der Waals surface area contributed by atoms with Gasteiger partial charge in [0, 0.05) is 23.3 Å². The van der Waals surface area contributed by atoms with Crippen LogP contribution < -0.4 is 5.32 Å². The third kappa shape index (κ3) is 3.03. The van der Waals surface area contributed by atoms with Crippen molar-refractivity contribution in [3.63, 3.8) is 0 Å². The largest absolute Gasteiger partial charge is 0.384 e. The van der Waals surface area contributed by atoms with E-state index in [1.807, 2.05) is 6.92 Å². The SMILES string of the molecule is CCCNc1cc(CCC)nc2c(C)cc(F)cc12. The Kier molecular flexibility index (Phi) is 4.35. The fourth-order valence-corrected chi connectivity index (χ4v) is 2.30. The number of benzene rings is 1. The van der Waals surface area contributed by atoms with E-state index in [0.717, 1.165) is 53.7 Å². The molecular formula is C16H21FN2. The van der Waals surface area contributed by atoms with Crippen molar-refractivity contribution in [3.8, 4) is 0 Å². The van der Waals surface area contributed by atoms with Crippen molar-refractivity contribution in [3.05, 3.63) is 35.3 Å². The highest BCUT2D eigenvalue weighted by Crippen LogP contribution is 2.27. The summed E-state index contributed by atoms with van der Waals surface area (Å²) in [6, 6.07) is 5.18. The van der Waals surface area contributed by atoms with E-state index in [1.54, 1.807) is 12.1 Å². The summed E-state index contributed by atoms with van der Waals surface area (Å²) in [5.74, 6) is -0.199. The van der Waals surface area contributed by atoms with Crippen LogP contribution in [0.2, 0.25) is 0 Å². The molecule has 0 aliphatic heterocycles. The molecule has 0 saturated heterocycles. The lowest BCUT2D eigenvalue weighted by molar-refractivity contribution is 0.628. The summed E-state index contributed by atoms with van der Waals surface area (Å²) in [6.45, 7) is 7.07. The average Bonchev–Trinajstić information content (AvgIpc) is 2.37. The third-order valence-corrected chi connectivity index (χ3v) is 3.19. The number of pyridine rings is 1. The molecule has 0 bridgehead atoms. The lowest BCUT2D eigenvalue weighted by atomic mass is 10.1. The number of rotatable bonds is 5. The van der Waals surface area contributed by atoms with Crippen LogP contribution in [-0.4, -0.2) is 11.5 Å². The Bertz CT molecular complexity index is 578. The van der Waals surface area contributed by atoms with Gasteiger partial charge in [-0.05, 0) is 43.5 Å². The highest BCUT2D eigenvalue weighted by molar-refractivity contribution is 5.93. The van der Waals surface area contributed by atoms with Gasteiger partial charge < -0.3 is 5.32 Å². The van der Waals surface area contributed by atoms with E-state index in [0.29, 0.717) is 0 Å². The molecule has 0 aliphatic carbocycles. The maximum Gasteiger partial charge on any atom is 0.124 e. The minimum atomic E-state index is -0.199. The van der Waals surface area contributed by atoms with Crippen LogP contribution in [0.5, 0.6) is 0 Å². The summed E-state index contributed by atoms with van der Waals surface area (Å²) >= 11 is 0. The summed E-state index contributed by atoms with van der Waals surface area (Å²) in [6.07, 6.45) is 3.06. The molecule has 2 rings (SSSR count). The Labute approximate surface area is 114 Å². The van der Waals surface area contributed by atoms with Gasteiger partial charge in [-0.3, -0.25) is 4.98 Å². The van der Waals surface area contributed by atoms with E-state index in [-0.39, 0.29) is 5.82 Å². The molecule has 0 atom stereocenters. The molecule has 1 N–H and O–H groups in total. The van der Waals surface area contributed by atoms with Crippen LogP contribution in [0, 0.1) is 12.7 Å². The second kappa shape index (κ2) is 6.00. The first-order valence-corrected chi connectivity index (χ1v) is 6.99. The van der Waals surface area contributed by atoms with Gasteiger partial charge in [0.25, 0.3) is 0 Å². The van der Waals surface area contributed by atoms with E-state index in [2.05, 4.69) is 30.2 Å². The zero-order valence-electron chi connectivity index (χ0n) is 11.9. The van der Waals surface area contributed by atoms with Crippen molar-refractivity contribution in [2.45, 2.75) is 40.0 Å². The summed E-state index contributed by atoms with van der Waals surface area (Å²) in [5, 5.41) is 4.26. The van der Waals surface area contributed by atoms with E-state index < -0.39 is 0 Å². The number of halogens is 1. The van der Waals surface area contributed by atoms with Crippen molar-refractivity contribution in [2.75, 3.05) is 11.9 Å². The zero-order valence-corrected chi connectivity index (χ0v) is 11.9. The second-order valence-electron chi connectivity index (χ2n) is 4.96. The number of aryl methyl sites for hydroxylation is 2. The van der Waals surface area contributed by atoms with Gasteiger partial charge in [-0.15, -0.1) is 0 Å². The molecule has 1 aromatic heterocycles. The van der Waals surface area contributed by atoms with Gasteiger partial charge in [0.2, 0.25) is 0 Å². The lowest BCUT2D eigenvalue weighted by Gasteiger charge is -2.12. The Morgan fingerprint density at radius 1 is 1.16 bits per heavy atom. The first-order chi connectivity index (χ1) is 9.15. The number of aromatic nitrogens is 1. The molecule has 0 saturated carbocycles. The normalized spacial score (nSPS) is 10.9. The molecule has 19 heavy (non-hydrogen) atoms. The van der Waals surface area contributed by atoms with Crippen molar-refractivity contribution < 1.29 is 4.39 Å². The quantitative estimate of drug-likeness (QED) is 0.858. The predicted molar refractivity (Wildman–Crippen MR) is 79.2 cm³/mol. The second-order valence-corrected chi connectivity index (χ2v) is 4.96. The van der Waals surface area contributed by atoms with Gasteiger partial charge in [0.1, 0.15) is 5.82 Å². The zero-order chi connectivity index (χ0) is 13.8. The van der Waals surface area contributed by atoms with Crippen molar-refractivity contribution in [1.29, 1.82) is 0 Å². The van der Waals surface area contributed by atoms with E-state index in [9.17, 15) is 4.39 Å². The highest BCUT2D eigenvalue weighted by atomic mass is 19.1. The Hall–Kier alpha value is -1.64. The summed E-state index contributed by atoms with van der Waals surface area (Å²) in [7, 11) is 0. The number of nitrogens with zero attached hydrogens (tertiary/aromatic N) is 1. The van der Waals surface area contributed by atoms with E-state index >= 15 is 0 Å². The molecule has 0 radical (unpaired) electrons. The van der Waals surface area contributed by atoms with Crippen molar-refractivity contribution >= 4 is 16.6 Å². The van der Waals surface area contributed by atoms with Gasteiger partial charge in [-0.1, -0.05) is 20.3 Å². The first kappa shape index (κ1) is 13.8. The molecule has 102 valence electrons. The average molecular weight is 260 g/mol. The van der Waals surface area contributed by atoms with Gasteiger partial charge in [0.05, 0.1) is 5.52 Å². The van der Waals surface area contributed by atoms with E-state index in [4.69, 9.17) is 0 Å². The molecule has 0 unspecified atom stereocenters. The number of hydrogen-bond donors (Lipinski definition) is 1. The fourth-order valence-electron chi connectivity index (χ4n) is 2.30. The molecule has 0 fully saturated rings. The summed E-state index contributed by atoms with van der Waals surface area (Å²) < 4.78 is 13.6.